The average molecular weight is 342 g/mol. The van der Waals surface area contributed by atoms with Crippen molar-refractivity contribution in [3.63, 3.8) is 0 Å². The second kappa shape index (κ2) is 7.57. The molecule has 0 spiro atoms. The monoisotopic (exact) mass is 342 g/mol. The van der Waals surface area contributed by atoms with Gasteiger partial charge < -0.3 is 25.3 Å². The van der Waals surface area contributed by atoms with Crippen molar-refractivity contribution < 1.29 is 23.8 Å². The maximum Gasteiger partial charge on any atom is 0.255 e. The lowest BCUT2D eigenvalue weighted by Gasteiger charge is -2.18. The number of nitrogens with one attached hydrogen (secondary N) is 1. The Morgan fingerprint density at radius 3 is 2.68 bits per heavy atom. The van der Waals surface area contributed by atoms with Gasteiger partial charge in [-0.3, -0.25) is 9.59 Å². The highest BCUT2D eigenvalue weighted by Crippen LogP contribution is 2.31. The average Bonchev–Trinajstić information content (AvgIpc) is 2.60. The van der Waals surface area contributed by atoms with E-state index >= 15 is 0 Å². The molecule has 0 radical (unpaired) electrons. The van der Waals surface area contributed by atoms with E-state index in [1.54, 1.807) is 36.4 Å². The maximum absolute atomic E-state index is 12.2. The van der Waals surface area contributed by atoms with E-state index in [4.69, 9.17) is 19.9 Å². The molecule has 3 N–H and O–H groups in total. The molecule has 7 heteroatoms. The van der Waals surface area contributed by atoms with Gasteiger partial charge in [-0.05, 0) is 29.8 Å². The molecule has 0 aromatic heterocycles. The highest BCUT2D eigenvalue weighted by Gasteiger charge is 2.13. The van der Waals surface area contributed by atoms with Gasteiger partial charge in [0.25, 0.3) is 5.91 Å². The van der Waals surface area contributed by atoms with Crippen LogP contribution < -0.4 is 25.3 Å². The molecule has 1 heterocycles. The van der Waals surface area contributed by atoms with Crippen LogP contribution in [0.25, 0.3) is 0 Å². The van der Waals surface area contributed by atoms with Crippen molar-refractivity contribution >= 4 is 17.5 Å². The zero-order chi connectivity index (χ0) is 17.6. The molecule has 25 heavy (non-hydrogen) atoms. The molecule has 1 aliphatic rings. The van der Waals surface area contributed by atoms with Crippen molar-refractivity contribution in [2.24, 2.45) is 5.73 Å². The van der Waals surface area contributed by atoms with Crippen LogP contribution in [0.3, 0.4) is 0 Å². The van der Waals surface area contributed by atoms with Gasteiger partial charge in [-0.15, -0.1) is 0 Å². The van der Waals surface area contributed by atoms with Crippen molar-refractivity contribution in [3.05, 3.63) is 48.0 Å². The highest BCUT2D eigenvalue weighted by molar-refractivity contribution is 5.92. The number of fused-ring (bicyclic) bond motifs is 1. The van der Waals surface area contributed by atoms with Gasteiger partial charge in [0.05, 0.1) is 6.42 Å². The molecule has 0 unspecified atom stereocenters. The first-order valence-electron chi connectivity index (χ1n) is 7.80. The summed E-state index contributed by atoms with van der Waals surface area (Å²) in [5.41, 5.74) is 6.44. The minimum absolute atomic E-state index is 0.177. The van der Waals surface area contributed by atoms with Gasteiger partial charge in [0.2, 0.25) is 5.91 Å². The normalized spacial score (nSPS) is 12.3. The third-order valence-corrected chi connectivity index (χ3v) is 3.47. The lowest BCUT2D eigenvalue weighted by molar-refractivity contribution is -0.120. The van der Waals surface area contributed by atoms with E-state index in [-0.39, 0.29) is 18.9 Å². The van der Waals surface area contributed by atoms with Crippen LogP contribution in [0.15, 0.2) is 42.5 Å². The highest BCUT2D eigenvalue weighted by atomic mass is 16.6. The summed E-state index contributed by atoms with van der Waals surface area (Å²) in [5, 5.41) is 2.79. The quantitative estimate of drug-likeness (QED) is 0.829. The summed E-state index contributed by atoms with van der Waals surface area (Å²) < 4.78 is 16.2. The molecule has 2 amide bonds. The summed E-state index contributed by atoms with van der Waals surface area (Å²) in [6.07, 6.45) is 0.197. The first-order valence-corrected chi connectivity index (χ1v) is 7.80. The topological polar surface area (TPSA) is 99.9 Å². The molecule has 130 valence electrons. The molecule has 7 nitrogen and oxygen atoms in total. The molecule has 0 fully saturated rings. The lowest BCUT2D eigenvalue weighted by atomic mass is 10.1. The van der Waals surface area contributed by atoms with Gasteiger partial charge >= 0.3 is 0 Å². The molecule has 0 aliphatic carbocycles. The van der Waals surface area contributed by atoms with E-state index in [0.29, 0.717) is 36.1 Å². The number of carbonyl (C=O) groups is 2. The Balaban J connectivity index is 1.61. The molecule has 0 saturated heterocycles. The number of benzene rings is 2. The van der Waals surface area contributed by atoms with Crippen LogP contribution in [0.1, 0.15) is 5.56 Å². The number of anilines is 1. The summed E-state index contributed by atoms with van der Waals surface area (Å²) >= 11 is 0. The van der Waals surface area contributed by atoms with E-state index in [1.807, 2.05) is 6.07 Å². The summed E-state index contributed by atoms with van der Waals surface area (Å²) in [6, 6.07) is 12.2. The van der Waals surface area contributed by atoms with Gasteiger partial charge in [0, 0.05) is 11.8 Å². The van der Waals surface area contributed by atoms with Crippen LogP contribution in [0.2, 0.25) is 0 Å². The Kier molecular flexibility index (Phi) is 5.03. The van der Waals surface area contributed by atoms with Crippen LogP contribution in [-0.2, 0) is 16.0 Å². The van der Waals surface area contributed by atoms with Gasteiger partial charge in [-0.2, -0.15) is 0 Å². The Morgan fingerprint density at radius 2 is 1.88 bits per heavy atom. The van der Waals surface area contributed by atoms with Crippen LogP contribution in [0, 0.1) is 0 Å². The minimum atomic E-state index is -0.562. The van der Waals surface area contributed by atoms with E-state index in [1.165, 1.54) is 0 Å². The molecule has 2 aromatic carbocycles. The van der Waals surface area contributed by atoms with E-state index in [9.17, 15) is 9.59 Å². The molecule has 1 aliphatic heterocycles. The van der Waals surface area contributed by atoms with Gasteiger partial charge in [-0.25, -0.2) is 0 Å². The molecule has 2 aromatic rings. The van der Waals surface area contributed by atoms with Gasteiger partial charge in [0.15, 0.2) is 18.1 Å². The predicted molar refractivity (Wildman–Crippen MR) is 90.9 cm³/mol. The molecule has 0 saturated carbocycles. The number of rotatable bonds is 6. The van der Waals surface area contributed by atoms with Crippen LogP contribution in [0.4, 0.5) is 5.69 Å². The molecule has 3 rings (SSSR count). The van der Waals surface area contributed by atoms with Crippen LogP contribution in [0.5, 0.6) is 17.2 Å². The SMILES string of the molecule is NC(=O)COc1cccc(NC(=O)Cc2ccc3c(c2)OCCO3)c1. The molecule has 0 atom stereocenters. The van der Waals surface area contributed by atoms with Crippen molar-refractivity contribution in [3.8, 4) is 17.2 Å². The molecular weight excluding hydrogens is 324 g/mol. The maximum atomic E-state index is 12.2. The Hall–Kier alpha value is -3.22. The number of ether oxygens (including phenoxy) is 3. The largest absolute Gasteiger partial charge is 0.486 e. The van der Waals surface area contributed by atoms with Crippen molar-refractivity contribution in [2.75, 3.05) is 25.1 Å². The van der Waals surface area contributed by atoms with Crippen molar-refractivity contribution in [1.82, 2.24) is 0 Å². The standard InChI is InChI=1S/C18H18N2O5/c19-17(21)11-25-14-3-1-2-13(10-14)20-18(22)9-12-4-5-15-16(8-12)24-7-6-23-15/h1-5,8,10H,6-7,9,11H2,(H2,19,21)(H,20,22). The fraction of sp³-hybridized carbons (Fsp3) is 0.222. The fourth-order valence-corrected chi connectivity index (χ4v) is 2.41. The number of amides is 2. The van der Waals surface area contributed by atoms with Gasteiger partial charge in [-0.1, -0.05) is 12.1 Å². The zero-order valence-corrected chi connectivity index (χ0v) is 13.5. The van der Waals surface area contributed by atoms with E-state index in [2.05, 4.69) is 5.32 Å². The predicted octanol–water partition coefficient (Wildman–Crippen LogP) is 1.50. The third-order valence-electron chi connectivity index (χ3n) is 3.47. The summed E-state index contributed by atoms with van der Waals surface area (Å²) in [5.74, 6) is 1.06. The number of carbonyl (C=O) groups excluding carboxylic acids is 2. The Bertz CT molecular complexity index is 791. The fourth-order valence-electron chi connectivity index (χ4n) is 2.41. The molecular formula is C18H18N2O5. The number of hydrogen-bond acceptors (Lipinski definition) is 5. The summed E-state index contributed by atoms with van der Waals surface area (Å²) in [6.45, 7) is 0.816. The van der Waals surface area contributed by atoms with E-state index < -0.39 is 5.91 Å². The smallest absolute Gasteiger partial charge is 0.255 e. The second-order valence-electron chi connectivity index (χ2n) is 5.49. The number of hydrogen-bond donors (Lipinski definition) is 2. The first kappa shape index (κ1) is 16.6. The first-order chi connectivity index (χ1) is 12.1. The van der Waals surface area contributed by atoms with Crippen LogP contribution in [-0.4, -0.2) is 31.6 Å². The third kappa shape index (κ3) is 4.63. The Labute approximate surface area is 144 Å². The van der Waals surface area contributed by atoms with E-state index in [0.717, 1.165) is 5.56 Å². The van der Waals surface area contributed by atoms with Crippen molar-refractivity contribution in [2.45, 2.75) is 6.42 Å². The van der Waals surface area contributed by atoms with Crippen molar-refractivity contribution in [1.29, 1.82) is 0 Å². The number of nitrogens with two attached hydrogens (primary N) is 1. The summed E-state index contributed by atoms with van der Waals surface area (Å²) in [7, 11) is 0. The molecule has 0 bridgehead atoms. The zero-order valence-electron chi connectivity index (χ0n) is 13.5. The Morgan fingerprint density at radius 1 is 1.08 bits per heavy atom. The minimum Gasteiger partial charge on any atom is -0.486 e. The van der Waals surface area contributed by atoms with Crippen LogP contribution >= 0.6 is 0 Å². The second-order valence-corrected chi connectivity index (χ2v) is 5.49. The number of primary amides is 1. The lowest BCUT2D eigenvalue weighted by Crippen LogP contribution is -2.20. The summed E-state index contributed by atoms with van der Waals surface area (Å²) in [4.78, 5) is 23.0. The van der Waals surface area contributed by atoms with Gasteiger partial charge in [0.1, 0.15) is 19.0 Å².